The zero-order chi connectivity index (χ0) is 18.5. The molecule has 26 heavy (non-hydrogen) atoms. The molecule has 1 amide bonds. The first-order valence-electron chi connectivity index (χ1n) is 9.09. The number of ketones is 1. The fraction of sp³-hybridized carbons (Fsp3) is 0.526. The Morgan fingerprint density at radius 2 is 2.00 bits per heavy atom. The Morgan fingerprint density at radius 1 is 1.27 bits per heavy atom. The van der Waals surface area contributed by atoms with Gasteiger partial charge in [0.15, 0.2) is 5.78 Å². The van der Waals surface area contributed by atoms with Crippen molar-refractivity contribution in [3.63, 3.8) is 0 Å². The number of aromatic nitrogens is 3. The summed E-state index contributed by atoms with van der Waals surface area (Å²) in [6.45, 7) is 7.13. The smallest absolute Gasteiger partial charge is 0.255 e. The first-order chi connectivity index (χ1) is 12.4. The minimum absolute atomic E-state index is 0.0146. The van der Waals surface area contributed by atoms with Crippen LogP contribution in [-0.4, -0.2) is 51.5 Å². The fourth-order valence-corrected chi connectivity index (χ4v) is 4.37. The van der Waals surface area contributed by atoms with Gasteiger partial charge in [0.1, 0.15) is 5.60 Å². The van der Waals surface area contributed by atoms with Crippen LogP contribution in [0.15, 0.2) is 6.20 Å². The predicted octanol–water partition coefficient (Wildman–Crippen LogP) is 2.26. The van der Waals surface area contributed by atoms with Gasteiger partial charge in [-0.3, -0.25) is 14.7 Å². The number of nitrogens with one attached hydrogen (secondary N) is 2. The van der Waals surface area contributed by atoms with E-state index in [2.05, 4.69) is 15.2 Å². The van der Waals surface area contributed by atoms with Crippen LogP contribution in [0.1, 0.15) is 63.1 Å². The first kappa shape index (κ1) is 17.0. The lowest BCUT2D eigenvalue weighted by atomic mass is 9.83. The van der Waals surface area contributed by atoms with Gasteiger partial charge in [0, 0.05) is 25.7 Å². The normalized spacial score (nSPS) is 18.8. The largest absolute Gasteiger partial charge is 0.368 e. The fourth-order valence-electron chi connectivity index (χ4n) is 4.37. The van der Waals surface area contributed by atoms with Crippen LogP contribution in [0.2, 0.25) is 0 Å². The summed E-state index contributed by atoms with van der Waals surface area (Å²) in [6, 6.07) is 0. The van der Waals surface area contributed by atoms with Crippen molar-refractivity contribution < 1.29 is 14.3 Å². The van der Waals surface area contributed by atoms with E-state index < -0.39 is 0 Å². The molecule has 0 atom stereocenters. The summed E-state index contributed by atoms with van der Waals surface area (Å²) >= 11 is 0. The monoisotopic (exact) mass is 356 g/mol. The SMILES string of the molecule is CC(=O)c1[nH]c(C)c(C(=O)N2CCC3(CC2)OCCc2cn[nH]c23)c1C. The summed E-state index contributed by atoms with van der Waals surface area (Å²) in [5, 5.41) is 7.28. The van der Waals surface area contributed by atoms with E-state index in [0.29, 0.717) is 31.0 Å². The Bertz CT molecular complexity index is 871. The molecule has 4 heterocycles. The van der Waals surface area contributed by atoms with Crippen LogP contribution in [-0.2, 0) is 16.8 Å². The van der Waals surface area contributed by atoms with Crippen molar-refractivity contribution in [2.24, 2.45) is 0 Å². The lowest BCUT2D eigenvalue weighted by molar-refractivity contribution is -0.0962. The van der Waals surface area contributed by atoms with Crippen LogP contribution in [0.5, 0.6) is 0 Å². The number of aromatic amines is 2. The topological polar surface area (TPSA) is 91.1 Å². The number of fused-ring (bicyclic) bond motifs is 2. The Kier molecular flexibility index (Phi) is 3.99. The molecular formula is C19H24N4O3. The van der Waals surface area contributed by atoms with Crippen molar-refractivity contribution in [2.45, 2.75) is 45.6 Å². The van der Waals surface area contributed by atoms with E-state index in [9.17, 15) is 9.59 Å². The summed E-state index contributed by atoms with van der Waals surface area (Å²) < 4.78 is 6.15. The van der Waals surface area contributed by atoms with E-state index in [4.69, 9.17) is 4.74 Å². The lowest BCUT2D eigenvalue weighted by Crippen LogP contribution is -2.48. The molecule has 1 fully saturated rings. The van der Waals surface area contributed by atoms with Crippen LogP contribution in [0.25, 0.3) is 0 Å². The molecule has 1 spiro atoms. The Hall–Kier alpha value is -2.41. The van der Waals surface area contributed by atoms with Crippen LogP contribution in [0.4, 0.5) is 0 Å². The summed E-state index contributed by atoms with van der Waals surface area (Å²) in [4.78, 5) is 29.8. The van der Waals surface area contributed by atoms with Crippen LogP contribution in [0.3, 0.4) is 0 Å². The average molecular weight is 356 g/mol. The summed E-state index contributed by atoms with van der Waals surface area (Å²) in [5.74, 6) is -0.0659. The highest BCUT2D eigenvalue weighted by Gasteiger charge is 2.43. The summed E-state index contributed by atoms with van der Waals surface area (Å²) in [5.41, 5.74) is 4.58. The number of aryl methyl sites for hydroxylation is 1. The van der Waals surface area contributed by atoms with Crippen molar-refractivity contribution in [1.29, 1.82) is 0 Å². The third-order valence-electron chi connectivity index (χ3n) is 5.78. The highest BCUT2D eigenvalue weighted by molar-refractivity contribution is 6.02. The quantitative estimate of drug-likeness (QED) is 0.808. The minimum Gasteiger partial charge on any atom is -0.368 e. The number of carbonyl (C=O) groups excluding carboxylic acids is 2. The van der Waals surface area contributed by atoms with Gasteiger partial charge in [-0.1, -0.05) is 0 Å². The molecule has 2 aliphatic heterocycles. The van der Waals surface area contributed by atoms with Crippen LogP contribution < -0.4 is 0 Å². The predicted molar refractivity (Wildman–Crippen MR) is 95.3 cm³/mol. The molecule has 0 radical (unpaired) electrons. The summed E-state index contributed by atoms with van der Waals surface area (Å²) in [6.07, 6.45) is 4.25. The van der Waals surface area contributed by atoms with Gasteiger partial charge in [-0.2, -0.15) is 5.10 Å². The number of Topliss-reactive ketones (excluding diaryl/α,β-unsaturated/α-hetero) is 1. The molecule has 4 rings (SSSR count). The molecule has 1 saturated heterocycles. The van der Waals surface area contributed by atoms with Crippen molar-refractivity contribution in [1.82, 2.24) is 20.1 Å². The van der Waals surface area contributed by atoms with Gasteiger partial charge < -0.3 is 14.6 Å². The number of piperidine rings is 1. The van der Waals surface area contributed by atoms with E-state index in [0.717, 1.165) is 36.2 Å². The highest BCUT2D eigenvalue weighted by Crippen LogP contribution is 2.40. The molecule has 2 aromatic heterocycles. The number of rotatable bonds is 2. The van der Waals surface area contributed by atoms with Gasteiger partial charge in [0.2, 0.25) is 0 Å². The van der Waals surface area contributed by atoms with Gasteiger partial charge in [0.25, 0.3) is 5.91 Å². The second-order valence-electron chi connectivity index (χ2n) is 7.34. The molecular weight excluding hydrogens is 332 g/mol. The summed E-state index contributed by atoms with van der Waals surface area (Å²) in [7, 11) is 0. The van der Waals surface area contributed by atoms with E-state index in [1.807, 2.05) is 24.9 Å². The number of carbonyl (C=O) groups is 2. The molecule has 0 saturated carbocycles. The number of nitrogens with zero attached hydrogens (tertiary/aromatic N) is 2. The third-order valence-corrected chi connectivity index (χ3v) is 5.78. The molecule has 0 aliphatic carbocycles. The maximum atomic E-state index is 13.1. The van der Waals surface area contributed by atoms with Crippen molar-refractivity contribution in [2.75, 3.05) is 19.7 Å². The number of amides is 1. The minimum atomic E-state index is -0.354. The second-order valence-corrected chi connectivity index (χ2v) is 7.34. The molecule has 0 aromatic carbocycles. The maximum absolute atomic E-state index is 13.1. The number of H-pyrrole nitrogens is 2. The third kappa shape index (κ3) is 2.49. The molecule has 0 bridgehead atoms. The average Bonchev–Trinajstić information content (AvgIpc) is 3.21. The van der Waals surface area contributed by atoms with Crippen LogP contribution >= 0.6 is 0 Å². The van der Waals surface area contributed by atoms with Gasteiger partial charge >= 0.3 is 0 Å². The van der Waals surface area contributed by atoms with Gasteiger partial charge in [0.05, 0.1) is 29.8 Å². The standard InChI is InChI=1S/C19H24N4O3/c1-11-15(12(2)21-16(11)13(3)24)18(25)23-7-5-19(6-8-23)17-14(4-9-26-19)10-20-22-17/h10,21H,4-9H2,1-3H3,(H,20,22). The molecule has 2 aliphatic rings. The molecule has 2 aromatic rings. The number of hydrogen-bond donors (Lipinski definition) is 2. The van der Waals surface area contributed by atoms with E-state index >= 15 is 0 Å². The van der Waals surface area contributed by atoms with Crippen molar-refractivity contribution in [3.05, 3.63) is 40.0 Å². The Morgan fingerprint density at radius 3 is 2.65 bits per heavy atom. The Balaban J connectivity index is 1.55. The Labute approximate surface area is 152 Å². The van der Waals surface area contributed by atoms with Crippen molar-refractivity contribution in [3.8, 4) is 0 Å². The maximum Gasteiger partial charge on any atom is 0.255 e. The number of ether oxygens (including phenoxy) is 1. The van der Waals surface area contributed by atoms with E-state index in [-0.39, 0.29) is 17.3 Å². The van der Waals surface area contributed by atoms with Gasteiger partial charge in [-0.05, 0) is 44.2 Å². The van der Waals surface area contributed by atoms with Crippen molar-refractivity contribution >= 4 is 11.7 Å². The molecule has 138 valence electrons. The zero-order valence-electron chi connectivity index (χ0n) is 15.4. The number of hydrogen-bond acceptors (Lipinski definition) is 4. The molecule has 7 heteroatoms. The first-order valence-corrected chi connectivity index (χ1v) is 9.09. The van der Waals surface area contributed by atoms with E-state index in [1.54, 1.807) is 0 Å². The zero-order valence-corrected chi connectivity index (χ0v) is 15.4. The molecule has 0 unspecified atom stereocenters. The van der Waals surface area contributed by atoms with E-state index in [1.165, 1.54) is 12.5 Å². The highest BCUT2D eigenvalue weighted by atomic mass is 16.5. The van der Waals surface area contributed by atoms with Crippen LogP contribution in [0, 0.1) is 13.8 Å². The number of likely N-dealkylation sites (tertiary alicyclic amines) is 1. The lowest BCUT2D eigenvalue weighted by Gasteiger charge is -2.43. The molecule has 7 nitrogen and oxygen atoms in total. The van der Waals surface area contributed by atoms with Gasteiger partial charge in [-0.25, -0.2) is 0 Å². The second kappa shape index (κ2) is 6.09. The molecule has 2 N–H and O–H groups in total. The van der Waals surface area contributed by atoms with Gasteiger partial charge in [-0.15, -0.1) is 0 Å².